The maximum Gasteiger partial charge on any atom is 0.334 e. The van der Waals surface area contributed by atoms with E-state index in [9.17, 15) is 19.6 Å². The number of hydrogen-bond acceptors (Lipinski definition) is 8. The van der Waals surface area contributed by atoms with Gasteiger partial charge in [0.25, 0.3) is 5.91 Å². The van der Waals surface area contributed by atoms with Crippen molar-refractivity contribution in [3.05, 3.63) is 88.3 Å². The van der Waals surface area contributed by atoms with E-state index in [1.54, 1.807) is 12.1 Å². The third-order valence-electron chi connectivity index (χ3n) is 8.02. The van der Waals surface area contributed by atoms with Crippen LogP contribution in [0.25, 0.3) is 0 Å². The van der Waals surface area contributed by atoms with E-state index < -0.39 is 41.4 Å². The molecule has 2 fully saturated rings. The Kier molecular flexibility index (Phi) is 9.25. The van der Waals surface area contributed by atoms with Gasteiger partial charge in [-0.15, -0.1) is 0 Å². The molecule has 3 aromatic rings. The Hall–Kier alpha value is -4.37. The minimum Gasteiger partial charge on any atom is -0.461 e. The molecule has 2 heterocycles. The Balaban J connectivity index is 1.35. The lowest BCUT2D eigenvalue weighted by atomic mass is 9.80. The van der Waals surface area contributed by atoms with E-state index in [4.69, 9.17) is 22.1 Å². The fourth-order valence-corrected chi connectivity index (χ4v) is 5.71. The number of amides is 3. The standard InChI is InChI=1S/C32H32ClFN6O4/c1-19(41)44-25-15-28(37-18-25)30(42)40(29-10-8-24(33)17-38-29)31(43)39-27-14-20(5-9-26(27)34)11-12-32(36,22-6-7-22)23-4-2-3-21(13-23)16-35/h2-5,8-10,13-14,17,22,25,28,37H,6-7,11-12,15,18,36H2,1H3,(H,39,43)/t25-,28-,32-/m1/s1. The summed E-state index contributed by atoms with van der Waals surface area (Å²) in [6.45, 7) is 1.52. The van der Waals surface area contributed by atoms with E-state index in [1.807, 2.05) is 18.2 Å². The molecule has 2 aromatic carbocycles. The van der Waals surface area contributed by atoms with Gasteiger partial charge in [-0.1, -0.05) is 29.8 Å². The molecule has 1 saturated heterocycles. The molecule has 0 bridgehead atoms. The number of ether oxygens (including phenoxy) is 1. The highest BCUT2D eigenvalue weighted by Gasteiger charge is 2.43. The van der Waals surface area contributed by atoms with Gasteiger partial charge in [0.15, 0.2) is 0 Å². The molecule has 3 amide bonds. The number of carbonyl (C=O) groups is 3. The number of aryl methyl sites for hydroxylation is 1. The number of rotatable bonds is 9. The van der Waals surface area contributed by atoms with Crippen molar-refractivity contribution in [3.63, 3.8) is 0 Å². The minimum absolute atomic E-state index is 0.0110. The molecule has 0 spiro atoms. The highest BCUT2D eigenvalue weighted by molar-refractivity contribution is 6.30. The predicted octanol–water partition coefficient (Wildman–Crippen LogP) is 4.80. The number of nitrogens with one attached hydrogen (secondary N) is 2. The highest BCUT2D eigenvalue weighted by Crippen LogP contribution is 2.46. The Morgan fingerprint density at radius 1 is 1.23 bits per heavy atom. The van der Waals surface area contributed by atoms with Gasteiger partial charge >= 0.3 is 12.0 Å². The lowest BCUT2D eigenvalue weighted by Gasteiger charge is -2.31. The third-order valence-corrected chi connectivity index (χ3v) is 8.24. The van der Waals surface area contributed by atoms with Crippen molar-refractivity contribution >= 4 is 41.0 Å². The largest absolute Gasteiger partial charge is 0.461 e. The molecule has 1 aliphatic heterocycles. The molecule has 3 atom stereocenters. The number of nitrogens with two attached hydrogens (primary N) is 1. The maximum absolute atomic E-state index is 15.0. The number of aromatic nitrogens is 1. The minimum atomic E-state index is -0.918. The zero-order valence-corrected chi connectivity index (χ0v) is 24.8. The van der Waals surface area contributed by atoms with Crippen LogP contribution in [0.15, 0.2) is 60.8 Å². The maximum atomic E-state index is 15.0. The zero-order valence-electron chi connectivity index (χ0n) is 24.1. The molecule has 0 unspecified atom stereocenters. The van der Waals surface area contributed by atoms with Crippen LogP contribution in [0, 0.1) is 23.1 Å². The second-order valence-corrected chi connectivity index (χ2v) is 11.6. The Morgan fingerprint density at radius 2 is 2.02 bits per heavy atom. The summed E-state index contributed by atoms with van der Waals surface area (Å²) >= 11 is 5.98. The number of anilines is 2. The van der Waals surface area contributed by atoms with Gasteiger partial charge in [-0.05, 0) is 79.1 Å². The van der Waals surface area contributed by atoms with Crippen molar-refractivity contribution in [1.82, 2.24) is 10.3 Å². The van der Waals surface area contributed by atoms with Crippen LogP contribution < -0.4 is 21.3 Å². The average molecular weight is 619 g/mol. The van der Waals surface area contributed by atoms with Crippen molar-refractivity contribution in [3.8, 4) is 6.07 Å². The number of carbonyl (C=O) groups excluding carboxylic acids is 3. The topological polar surface area (TPSA) is 150 Å². The van der Waals surface area contributed by atoms with Gasteiger partial charge in [0.05, 0.1) is 28.4 Å². The number of hydrogen-bond donors (Lipinski definition) is 3. The van der Waals surface area contributed by atoms with Crippen molar-refractivity contribution in [2.75, 3.05) is 16.8 Å². The summed E-state index contributed by atoms with van der Waals surface area (Å²) < 4.78 is 20.2. The van der Waals surface area contributed by atoms with Gasteiger partial charge < -0.3 is 21.1 Å². The van der Waals surface area contributed by atoms with E-state index >= 15 is 4.39 Å². The van der Waals surface area contributed by atoms with Gasteiger partial charge in [0.2, 0.25) is 0 Å². The van der Waals surface area contributed by atoms with Crippen molar-refractivity contribution in [2.45, 2.75) is 56.7 Å². The molecule has 1 aromatic heterocycles. The molecule has 1 saturated carbocycles. The summed E-state index contributed by atoms with van der Waals surface area (Å²) in [7, 11) is 0. The van der Waals surface area contributed by atoms with Crippen molar-refractivity contribution < 1.29 is 23.5 Å². The summed E-state index contributed by atoms with van der Waals surface area (Å²) in [6, 6.07) is 15.0. The first-order valence-corrected chi connectivity index (χ1v) is 14.7. The van der Waals surface area contributed by atoms with E-state index in [1.165, 1.54) is 37.4 Å². The quantitative estimate of drug-likeness (QED) is 0.289. The first kappa shape index (κ1) is 31.1. The van der Waals surface area contributed by atoms with Crippen LogP contribution in [0.1, 0.15) is 49.3 Å². The summed E-state index contributed by atoms with van der Waals surface area (Å²) in [5.74, 6) is -1.56. The number of nitriles is 1. The molecular weight excluding hydrogens is 587 g/mol. The van der Waals surface area contributed by atoms with Gasteiger partial charge in [-0.2, -0.15) is 5.26 Å². The fourth-order valence-electron chi connectivity index (χ4n) is 5.60. The highest BCUT2D eigenvalue weighted by atomic mass is 35.5. The monoisotopic (exact) mass is 618 g/mol. The number of urea groups is 1. The summed E-state index contributed by atoms with van der Waals surface area (Å²) in [6.07, 6.45) is 3.90. The SMILES string of the molecule is CC(=O)O[C@H]1CN[C@@H](C(=O)N(C(=O)Nc2cc(CC[C@](N)(c3cccc(C#N)c3)C3CC3)ccc2F)c2ccc(Cl)cn2)C1. The van der Waals surface area contributed by atoms with Crippen LogP contribution in [0.2, 0.25) is 5.02 Å². The Bertz CT molecular complexity index is 1610. The first-order valence-electron chi connectivity index (χ1n) is 14.3. The number of pyridine rings is 1. The average Bonchev–Trinajstić information content (AvgIpc) is 3.77. The van der Waals surface area contributed by atoms with Gasteiger partial charge in [0.1, 0.15) is 17.7 Å². The second kappa shape index (κ2) is 13.1. The molecular formula is C32H32ClFN6O4. The molecule has 4 N–H and O–H groups in total. The summed E-state index contributed by atoms with van der Waals surface area (Å²) in [4.78, 5) is 43.5. The van der Waals surface area contributed by atoms with Crippen LogP contribution in [0.5, 0.6) is 0 Å². The molecule has 10 nitrogen and oxygen atoms in total. The smallest absolute Gasteiger partial charge is 0.334 e. The predicted molar refractivity (Wildman–Crippen MR) is 162 cm³/mol. The number of nitrogens with zero attached hydrogens (tertiary/aromatic N) is 3. The second-order valence-electron chi connectivity index (χ2n) is 11.2. The molecule has 2 aliphatic rings. The van der Waals surface area contributed by atoms with Crippen molar-refractivity contribution in [1.29, 1.82) is 5.26 Å². The first-order chi connectivity index (χ1) is 21.1. The summed E-state index contributed by atoms with van der Waals surface area (Å²) in [5.41, 5.74) is 8.32. The third kappa shape index (κ3) is 7.05. The van der Waals surface area contributed by atoms with E-state index in [-0.39, 0.29) is 30.4 Å². The number of halogens is 2. The van der Waals surface area contributed by atoms with Crippen LogP contribution in [0.3, 0.4) is 0 Å². The van der Waals surface area contributed by atoms with E-state index in [0.29, 0.717) is 23.4 Å². The van der Waals surface area contributed by atoms with Crippen LogP contribution >= 0.6 is 11.6 Å². The van der Waals surface area contributed by atoms with Crippen LogP contribution in [-0.2, 0) is 26.3 Å². The zero-order chi connectivity index (χ0) is 31.4. The Morgan fingerprint density at radius 3 is 2.70 bits per heavy atom. The number of esters is 1. The summed E-state index contributed by atoms with van der Waals surface area (Å²) in [5, 5.41) is 15.2. The molecule has 12 heteroatoms. The van der Waals surface area contributed by atoms with Crippen LogP contribution in [0.4, 0.5) is 20.7 Å². The molecule has 1 aliphatic carbocycles. The normalized spacial score (nSPS) is 19.0. The van der Waals surface area contributed by atoms with Crippen LogP contribution in [-0.4, -0.2) is 41.6 Å². The lowest BCUT2D eigenvalue weighted by molar-refractivity contribution is -0.145. The Labute approximate surface area is 259 Å². The van der Waals surface area contributed by atoms with E-state index in [0.717, 1.165) is 28.9 Å². The molecule has 44 heavy (non-hydrogen) atoms. The van der Waals surface area contributed by atoms with Gasteiger partial charge in [-0.3, -0.25) is 9.59 Å². The molecule has 0 radical (unpaired) electrons. The number of benzene rings is 2. The number of imide groups is 1. The van der Waals surface area contributed by atoms with Gasteiger partial charge in [-0.25, -0.2) is 19.1 Å². The van der Waals surface area contributed by atoms with Gasteiger partial charge in [0, 0.05) is 31.6 Å². The van der Waals surface area contributed by atoms with E-state index in [2.05, 4.69) is 21.7 Å². The molecule has 228 valence electrons. The van der Waals surface area contributed by atoms with Crippen molar-refractivity contribution in [2.24, 2.45) is 11.7 Å². The molecule has 5 rings (SSSR count). The fraction of sp³-hybridized carbons (Fsp3) is 0.344. The lowest BCUT2D eigenvalue weighted by Crippen LogP contribution is -2.49.